The summed E-state index contributed by atoms with van der Waals surface area (Å²) >= 11 is 6.12. The average Bonchev–Trinajstić information content (AvgIpc) is 2.94. The van der Waals surface area contributed by atoms with Gasteiger partial charge < -0.3 is 4.74 Å². The molecular formula is C13H17ClOSi. The van der Waals surface area contributed by atoms with Gasteiger partial charge in [0, 0.05) is 10.6 Å². The first-order valence-electron chi connectivity index (χ1n) is 5.57. The van der Waals surface area contributed by atoms with Crippen molar-refractivity contribution in [2.24, 2.45) is 0 Å². The van der Waals surface area contributed by atoms with Crippen LogP contribution >= 0.6 is 11.6 Å². The zero-order valence-electron chi connectivity index (χ0n) is 9.91. The smallest absolute Gasteiger partial charge is 0.115 e. The molecule has 2 atom stereocenters. The van der Waals surface area contributed by atoms with Gasteiger partial charge in [-0.25, -0.2) is 0 Å². The number of hydrogen-bond donors (Lipinski definition) is 0. The molecule has 0 aromatic heterocycles. The summed E-state index contributed by atoms with van der Waals surface area (Å²) < 4.78 is 5.63. The standard InChI is InChI=1S/C13H17ClOSi/c1-16(2,3)9-8-12-13(15-12)10-6-4-5-7-11(10)14/h4-9,12-13H,1-3H3/b9-8+/t12-,13-/m1/s1. The molecule has 0 saturated carbocycles. The number of epoxide rings is 1. The minimum Gasteiger partial charge on any atom is -0.360 e. The maximum Gasteiger partial charge on any atom is 0.115 e. The third-order valence-corrected chi connectivity index (χ3v) is 4.06. The van der Waals surface area contributed by atoms with Gasteiger partial charge in [0.2, 0.25) is 0 Å². The summed E-state index contributed by atoms with van der Waals surface area (Å²) in [5.41, 5.74) is 3.43. The van der Waals surface area contributed by atoms with Gasteiger partial charge in [-0.2, -0.15) is 0 Å². The van der Waals surface area contributed by atoms with E-state index in [0.717, 1.165) is 10.6 Å². The van der Waals surface area contributed by atoms with Gasteiger partial charge >= 0.3 is 0 Å². The van der Waals surface area contributed by atoms with Gasteiger partial charge in [0.25, 0.3) is 0 Å². The van der Waals surface area contributed by atoms with Crippen LogP contribution in [0.15, 0.2) is 36.0 Å². The van der Waals surface area contributed by atoms with Crippen molar-refractivity contribution in [3.05, 3.63) is 46.6 Å². The van der Waals surface area contributed by atoms with E-state index in [4.69, 9.17) is 16.3 Å². The van der Waals surface area contributed by atoms with Crippen LogP contribution in [-0.2, 0) is 4.74 Å². The molecule has 0 bridgehead atoms. The minimum atomic E-state index is -1.12. The lowest BCUT2D eigenvalue weighted by Gasteiger charge is -2.07. The molecule has 1 aromatic carbocycles. The van der Waals surface area contributed by atoms with Gasteiger partial charge in [-0.15, -0.1) is 0 Å². The molecule has 3 heteroatoms. The van der Waals surface area contributed by atoms with Gasteiger partial charge in [-0.3, -0.25) is 0 Å². The number of rotatable bonds is 3. The molecule has 0 radical (unpaired) electrons. The summed E-state index contributed by atoms with van der Waals surface area (Å²) in [4.78, 5) is 0. The molecule has 1 aliphatic rings. The summed E-state index contributed by atoms with van der Waals surface area (Å²) in [6.07, 6.45) is 2.59. The van der Waals surface area contributed by atoms with Gasteiger partial charge in [-0.1, -0.05) is 61.2 Å². The van der Waals surface area contributed by atoms with E-state index in [1.54, 1.807) is 0 Å². The predicted octanol–water partition coefficient (Wildman–Crippen LogP) is 4.21. The molecule has 16 heavy (non-hydrogen) atoms. The van der Waals surface area contributed by atoms with E-state index in [1.165, 1.54) is 0 Å². The van der Waals surface area contributed by atoms with E-state index < -0.39 is 8.07 Å². The zero-order valence-corrected chi connectivity index (χ0v) is 11.7. The van der Waals surface area contributed by atoms with Crippen molar-refractivity contribution in [2.75, 3.05) is 0 Å². The fourth-order valence-electron chi connectivity index (χ4n) is 1.61. The second-order valence-electron chi connectivity index (χ2n) is 5.27. The Morgan fingerprint density at radius 2 is 1.94 bits per heavy atom. The maximum atomic E-state index is 6.12. The molecule has 2 rings (SSSR count). The van der Waals surface area contributed by atoms with Crippen molar-refractivity contribution in [3.63, 3.8) is 0 Å². The summed E-state index contributed by atoms with van der Waals surface area (Å²) in [6.45, 7) is 6.95. The van der Waals surface area contributed by atoms with Crippen LogP contribution < -0.4 is 0 Å². The van der Waals surface area contributed by atoms with Gasteiger partial charge in [0.15, 0.2) is 0 Å². The van der Waals surface area contributed by atoms with Gasteiger partial charge in [-0.05, 0) is 6.07 Å². The first kappa shape index (κ1) is 11.9. The summed E-state index contributed by atoms with van der Waals surface area (Å²) in [5, 5.41) is 0.802. The lowest BCUT2D eigenvalue weighted by atomic mass is 10.1. The Hall–Kier alpha value is -0.573. The Morgan fingerprint density at radius 1 is 1.25 bits per heavy atom. The van der Waals surface area contributed by atoms with Crippen LogP contribution in [0.2, 0.25) is 24.7 Å². The summed E-state index contributed by atoms with van der Waals surface area (Å²) in [7, 11) is -1.12. The quantitative estimate of drug-likeness (QED) is 0.580. The average molecular weight is 253 g/mol. The van der Waals surface area contributed by atoms with Crippen molar-refractivity contribution >= 4 is 19.7 Å². The number of hydrogen-bond acceptors (Lipinski definition) is 1. The maximum absolute atomic E-state index is 6.12. The highest BCUT2D eigenvalue weighted by Gasteiger charge is 2.39. The molecule has 0 aliphatic carbocycles. The lowest BCUT2D eigenvalue weighted by molar-refractivity contribution is 0.394. The van der Waals surface area contributed by atoms with Crippen LogP contribution in [0.4, 0.5) is 0 Å². The first-order chi connectivity index (χ1) is 7.47. The van der Waals surface area contributed by atoms with Crippen molar-refractivity contribution in [3.8, 4) is 0 Å². The minimum absolute atomic E-state index is 0.168. The second-order valence-corrected chi connectivity index (χ2v) is 10.7. The molecule has 1 aromatic rings. The third kappa shape index (κ3) is 2.97. The predicted molar refractivity (Wildman–Crippen MR) is 71.6 cm³/mol. The molecule has 0 spiro atoms. The highest BCUT2D eigenvalue weighted by Crippen LogP contribution is 2.42. The fourth-order valence-corrected chi connectivity index (χ4v) is 2.62. The van der Waals surface area contributed by atoms with Crippen LogP contribution in [0.5, 0.6) is 0 Å². The van der Waals surface area contributed by atoms with E-state index in [0.29, 0.717) is 0 Å². The van der Waals surface area contributed by atoms with Crippen LogP contribution in [0.25, 0.3) is 0 Å². The van der Waals surface area contributed by atoms with Gasteiger partial charge in [0.1, 0.15) is 12.2 Å². The van der Waals surface area contributed by atoms with E-state index in [1.807, 2.05) is 24.3 Å². The molecule has 1 saturated heterocycles. The Labute approximate surface area is 103 Å². The fraction of sp³-hybridized carbons (Fsp3) is 0.385. The van der Waals surface area contributed by atoms with Crippen LogP contribution in [-0.4, -0.2) is 14.2 Å². The molecule has 1 aliphatic heterocycles. The molecule has 86 valence electrons. The Balaban J connectivity index is 2.03. The molecular weight excluding hydrogens is 236 g/mol. The number of halogens is 1. The SMILES string of the molecule is C[Si](C)(C)/C=C/[C@H]1O[C@@H]1c1ccccc1Cl. The normalized spacial score (nSPS) is 25.0. The Morgan fingerprint density at radius 3 is 2.56 bits per heavy atom. The molecule has 0 amide bonds. The van der Waals surface area contributed by atoms with Crippen molar-refractivity contribution in [1.82, 2.24) is 0 Å². The lowest BCUT2D eigenvalue weighted by Crippen LogP contribution is -2.15. The summed E-state index contributed by atoms with van der Waals surface area (Å²) in [6, 6.07) is 7.90. The monoisotopic (exact) mass is 252 g/mol. The second kappa shape index (κ2) is 4.36. The Kier molecular flexibility index (Phi) is 3.24. The Bertz CT molecular complexity index is 409. The molecule has 1 heterocycles. The van der Waals surface area contributed by atoms with Gasteiger partial charge in [0.05, 0.1) is 8.07 Å². The zero-order chi connectivity index (χ0) is 11.8. The summed E-state index contributed by atoms with van der Waals surface area (Å²) in [5.74, 6) is 0. The molecule has 0 N–H and O–H groups in total. The molecule has 1 nitrogen and oxygen atoms in total. The molecule has 1 fully saturated rings. The highest BCUT2D eigenvalue weighted by molar-refractivity contribution is 6.80. The van der Waals surface area contributed by atoms with E-state index in [-0.39, 0.29) is 12.2 Å². The molecule has 0 unspecified atom stereocenters. The topological polar surface area (TPSA) is 12.5 Å². The number of ether oxygens (including phenoxy) is 1. The van der Waals surface area contributed by atoms with E-state index in [9.17, 15) is 0 Å². The van der Waals surface area contributed by atoms with Crippen LogP contribution in [0.1, 0.15) is 11.7 Å². The van der Waals surface area contributed by atoms with E-state index >= 15 is 0 Å². The van der Waals surface area contributed by atoms with Crippen molar-refractivity contribution in [2.45, 2.75) is 31.8 Å². The first-order valence-corrected chi connectivity index (χ1v) is 9.52. The van der Waals surface area contributed by atoms with E-state index in [2.05, 4.69) is 31.4 Å². The number of benzene rings is 1. The largest absolute Gasteiger partial charge is 0.360 e. The van der Waals surface area contributed by atoms with Crippen molar-refractivity contribution < 1.29 is 4.74 Å². The highest BCUT2D eigenvalue weighted by atomic mass is 35.5. The van der Waals surface area contributed by atoms with Crippen LogP contribution in [0.3, 0.4) is 0 Å². The third-order valence-electron chi connectivity index (χ3n) is 2.52. The van der Waals surface area contributed by atoms with Crippen molar-refractivity contribution in [1.29, 1.82) is 0 Å². The van der Waals surface area contributed by atoms with Crippen LogP contribution in [0, 0.1) is 0 Å².